The predicted molar refractivity (Wildman–Crippen MR) is 141 cm³/mol. The van der Waals surface area contributed by atoms with Gasteiger partial charge < -0.3 is 10.2 Å². The van der Waals surface area contributed by atoms with E-state index >= 15 is 0 Å². The van der Waals surface area contributed by atoms with E-state index in [0.717, 1.165) is 42.8 Å². The number of piperidine rings is 1. The van der Waals surface area contributed by atoms with Gasteiger partial charge in [-0.2, -0.15) is 13.2 Å². The lowest BCUT2D eigenvalue weighted by Gasteiger charge is -2.30. The maximum atomic E-state index is 14.6. The second-order valence-corrected chi connectivity index (χ2v) is 9.43. The number of hydrogen-bond donors (Lipinski definition) is 2. The first-order chi connectivity index (χ1) is 17.6. The van der Waals surface area contributed by atoms with Gasteiger partial charge in [-0.25, -0.2) is 9.37 Å². The number of pyridine rings is 1. The maximum absolute atomic E-state index is 14.6. The van der Waals surface area contributed by atoms with E-state index in [4.69, 9.17) is 5.14 Å². The Morgan fingerprint density at radius 2 is 1.78 bits per heavy atom. The summed E-state index contributed by atoms with van der Waals surface area (Å²) < 4.78 is 55.1. The van der Waals surface area contributed by atoms with Crippen LogP contribution in [0.15, 0.2) is 41.3 Å². The number of carbonyl (C=O) groups excluding carboxylic acids is 1. The highest BCUT2D eigenvalue weighted by Crippen LogP contribution is 2.36. The summed E-state index contributed by atoms with van der Waals surface area (Å²) in [6.07, 6.45) is -1.78. The minimum Gasteiger partial charge on any atom is -0.371 e. The van der Waals surface area contributed by atoms with Crippen molar-refractivity contribution in [3.05, 3.63) is 64.6 Å². The van der Waals surface area contributed by atoms with Gasteiger partial charge in [0, 0.05) is 40.2 Å². The lowest BCUT2D eigenvalue weighted by atomic mass is 10.0. The Morgan fingerprint density at radius 3 is 2.41 bits per heavy atom. The number of alkyl halides is 3. The Bertz CT molecular complexity index is 1260. The largest absolute Gasteiger partial charge is 0.433 e. The number of hydrogen-bond acceptors (Lipinski definition) is 5. The number of amides is 1. The van der Waals surface area contributed by atoms with Crippen molar-refractivity contribution >= 4 is 34.4 Å². The number of halogens is 4. The molecule has 2 aromatic carbocycles. The number of anilines is 1. The summed E-state index contributed by atoms with van der Waals surface area (Å²) >= 11 is 0.950. The van der Waals surface area contributed by atoms with Gasteiger partial charge in [0.1, 0.15) is 11.5 Å². The van der Waals surface area contributed by atoms with E-state index in [1.807, 2.05) is 18.7 Å². The number of fused-ring (bicyclic) bond motifs is 1. The number of nitrogens with one attached hydrogen (secondary N) is 1. The number of carbonyl (C=O) groups is 1. The molecule has 5 nitrogen and oxygen atoms in total. The van der Waals surface area contributed by atoms with E-state index in [2.05, 4.69) is 10.3 Å². The molecule has 1 unspecified atom stereocenters. The number of benzene rings is 2. The van der Waals surface area contributed by atoms with Crippen LogP contribution in [0.25, 0.3) is 10.9 Å². The van der Waals surface area contributed by atoms with Crippen molar-refractivity contribution in [1.29, 1.82) is 0 Å². The van der Waals surface area contributed by atoms with Gasteiger partial charge in [-0.3, -0.25) is 9.93 Å². The highest BCUT2D eigenvalue weighted by molar-refractivity contribution is 7.97. The Morgan fingerprint density at radius 1 is 1.11 bits per heavy atom. The molecular weight excluding hydrogens is 504 g/mol. The van der Waals surface area contributed by atoms with Gasteiger partial charge in [-0.15, -0.1) is 0 Å². The highest BCUT2D eigenvalue weighted by atomic mass is 32.2. The lowest BCUT2D eigenvalue weighted by molar-refractivity contribution is -0.140. The van der Waals surface area contributed by atoms with Crippen molar-refractivity contribution < 1.29 is 22.4 Å². The number of aromatic nitrogens is 1. The monoisotopic (exact) mass is 536 g/mol. The van der Waals surface area contributed by atoms with Crippen LogP contribution in [0, 0.1) is 12.7 Å². The number of nitrogens with zero attached hydrogens (tertiary/aromatic N) is 2. The van der Waals surface area contributed by atoms with Gasteiger partial charge in [0.25, 0.3) is 5.91 Å². The number of rotatable bonds is 5. The molecule has 37 heavy (non-hydrogen) atoms. The maximum Gasteiger partial charge on any atom is 0.433 e. The molecule has 1 saturated heterocycles. The van der Waals surface area contributed by atoms with Gasteiger partial charge in [-0.05, 0) is 87.0 Å². The smallest absolute Gasteiger partial charge is 0.371 e. The van der Waals surface area contributed by atoms with Gasteiger partial charge in [0.05, 0.1) is 11.6 Å². The van der Waals surface area contributed by atoms with Gasteiger partial charge >= 0.3 is 6.18 Å². The van der Waals surface area contributed by atoms with Crippen LogP contribution in [0.4, 0.5) is 23.2 Å². The first-order valence-corrected chi connectivity index (χ1v) is 13.2. The third-order valence-corrected chi connectivity index (χ3v) is 6.97. The molecular formula is C27H32F4N4OS. The molecule has 4 rings (SSSR count). The van der Waals surface area contributed by atoms with Crippen LogP contribution in [0.1, 0.15) is 73.3 Å². The SMILES string of the molecule is CC.Cc1cc(C(C)NC(=O)c2ccc3nc(C(F)(F)F)cc(N4CCCCC4)c3c2)c(F)cc1SN. The van der Waals surface area contributed by atoms with Crippen molar-refractivity contribution in [3.63, 3.8) is 0 Å². The van der Waals surface area contributed by atoms with Crippen LogP contribution in [-0.4, -0.2) is 24.0 Å². The van der Waals surface area contributed by atoms with Crippen LogP contribution in [0.3, 0.4) is 0 Å². The summed E-state index contributed by atoms with van der Waals surface area (Å²) in [5.74, 6) is -0.940. The summed E-state index contributed by atoms with van der Waals surface area (Å²) in [6.45, 7) is 8.75. The first-order valence-electron chi connectivity index (χ1n) is 12.3. The topological polar surface area (TPSA) is 71.2 Å². The zero-order chi connectivity index (χ0) is 27.3. The molecule has 0 aliphatic carbocycles. The van der Waals surface area contributed by atoms with Crippen LogP contribution >= 0.6 is 11.9 Å². The Hall–Kier alpha value is -2.85. The molecule has 10 heteroatoms. The molecule has 3 aromatic rings. The molecule has 1 amide bonds. The van der Waals surface area contributed by atoms with Crippen molar-refractivity contribution in [2.45, 2.75) is 64.1 Å². The van der Waals surface area contributed by atoms with E-state index in [0.29, 0.717) is 34.6 Å². The molecule has 3 N–H and O–H groups in total. The quantitative estimate of drug-likeness (QED) is 0.267. The average Bonchev–Trinajstić information content (AvgIpc) is 2.89. The Kier molecular flexibility index (Phi) is 9.41. The van der Waals surface area contributed by atoms with Crippen LogP contribution in [-0.2, 0) is 6.18 Å². The lowest BCUT2D eigenvalue weighted by Crippen LogP contribution is -2.30. The highest BCUT2D eigenvalue weighted by Gasteiger charge is 2.34. The Balaban J connectivity index is 0.00000186. The standard InChI is InChI=1S/C25H26F4N4OS.C2H6/c1-14-10-17(19(26)12-22(14)35-30)15(2)31-24(34)16-6-7-20-18(11-16)21(33-8-4-3-5-9-33)13-23(32-20)25(27,28)29;1-2/h6-7,10-13,15H,3-5,8-9,30H2,1-2H3,(H,31,34);1-2H3. The van der Waals surface area contributed by atoms with Crippen molar-refractivity contribution in [2.75, 3.05) is 18.0 Å². The van der Waals surface area contributed by atoms with E-state index in [1.54, 1.807) is 26.0 Å². The zero-order valence-corrected chi connectivity index (χ0v) is 22.2. The van der Waals surface area contributed by atoms with Crippen LogP contribution in [0.2, 0.25) is 0 Å². The minimum atomic E-state index is -4.58. The second-order valence-electron chi connectivity index (χ2n) is 8.76. The van der Waals surface area contributed by atoms with Gasteiger partial charge in [-0.1, -0.05) is 13.8 Å². The molecule has 0 spiro atoms. The zero-order valence-electron chi connectivity index (χ0n) is 21.4. The molecule has 200 valence electrons. The van der Waals surface area contributed by atoms with E-state index < -0.39 is 29.6 Å². The molecule has 1 aliphatic heterocycles. The molecule has 1 aliphatic rings. The molecule has 1 atom stereocenters. The van der Waals surface area contributed by atoms with Gasteiger partial charge in [0.15, 0.2) is 0 Å². The van der Waals surface area contributed by atoms with E-state index in [1.165, 1.54) is 18.2 Å². The number of nitrogens with two attached hydrogens (primary N) is 1. The molecule has 1 fully saturated rings. The summed E-state index contributed by atoms with van der Waals surface area (Å²) in [4.78, 5) is 19.4. The van der Waals surface area contributed by atoms with E-state index in [-0.39, 0.29) is 11.1 Å². The fourth-order valence-corrected chi connectivity index (χ4v) is 4.81. The van der Waals surface area contributed by atoms with Crippen molar-refractivity contribution in [2.24, 2.45) is 5.14 Å². The molecule has 1 aromatic heterocycles. The first kappa shape index (κ1) is 28.7. The average molecular weight is 537 g/mol. The second kappa shape index (κ2) is 12.1. The van der Waals surface area contributed by atoms with Crippen LogP contribution < -0.4 is 15.4 Å². The third kappa shape index (κ3) is 6.54. The number of aryl methyl sites for hydroxylation is 1. The van der Waals surface area contributed by atoms with Gasteiger partial charge in [0.2, 0.25) is 0 Å². The summed E-state index contributed by atoms with van der Waals surface area (Å²) in [7, 11) is 0. The predicted octanol–water partition coefficient (Wildman–Crippen LogP) is 7.17. The molecule has 2 heterocycles. The molecule has 0 saturated carbocycles. The fourth-order valence-electron chi connectivity index (χ4n) is 4.39. The normalized spacial score (nSPS) is 14.7. The van der Waals surface area contributed by atoms with Crippen LogP contribution in [0.5, 0.6) is 0 Å². The van der Waals surface area contributed by atoms with Crippen molar-refractivity contribution in [1.82, 2.24) is 10.3 Å². The molecule has 0 bridgehead atoms. The summed E-state index contributed by atoms with van der Waals surface area (Å²) in [5, 5.41) is 8.82. The molecule has 0 radical (unpaired) electrons. The summed E-state index contributed by atoms with van der Waals surface area (Å²) in [5.41, 5.74) is 0.998. The van der Waals surface area contributed by atoms with Crippen molar-refractivity contribution in [3.8, 4) is 0 Å². The Labute approximate surface area is 219 Å². The third-order valence-electron chi connectivity index (χ3n) is 6.27. The summed E-state index contributed by atoms with van der Waals surface area (Å²) in [6, 6.07) is 7.83. The minimum absolute atomic E-state index is 0.168. The van der Waals surface area contributed by atoms with E-state index in [9.17, 15) is 22.4 Å². The fraction of sp³-hybridized carbons (Fsp3) is 0.407.